The molecular formula is C9H14F3NO2. The minimum absolute atomic E-state index is 0.0694. The van der Waals surface area contributed by atoms with Crippen LogP contribution in [0.5, 0.6) is 0 Å². The molecule has 0 unspecified atom stereocenters. The van der Waals surface area contributed by atoms with E-state index < -0.39 is 18.5 Å². The molecule has 1 aliphatic rings. The van der Waals surface area contributed by atoms with Gasteiger partial charge in [0.15, 0.2) is 0 Å². The highest BCUT2D eigenvalue weighted by Crippen LogP contribution is 2.22. The summed E-state index contributed by atoms with van der Waals surface area (Å²) in [4.78, 5) is 12.4. The van der Waals surface area contributed by atoms with Crippen molar-refractivity contribution in [1.82, 2.24) is 4.90 Å². The average molecular weight is 225 g/mol. The molecule has 0 saturated carbocycles. The first kappa shape index (κ1) is 12.3. The number of hydrogen-bond donors (Lipinski definition) is 0. The minimum Gasteiger partial charge on any atom is -0.381 e. The maximum Gasteiger partial charge on any atom is 0.397 e. The third kappa shape index (κ3) is 4.07. The smallest absolute Gasteiger partial charge is 0.381 e. The van der Waals surface area contributed by atoms with Crippen LogP contribution in [0.4, 0.5) is 13.2 Å². The lowest BCUT2D eigenvalue weighted by Crippen LogP contribution is -2.42. The highest BCUT2D eigenvalue weighted by molar-refractivity contribution is 5.76. The summed E-state index contributed by atoms with van der Waals surface area (Å²) in [7, 11) is 1.57. The first-order valence-corrected chi connectivity index (χ1v) is 4.79. The second-order valence-electron chi connectivity index (χ2n) is 3.61. The molecule has 15 heavy (non-hydrogen) atoms. The topological polar surface area (TPSA) is 29.5 Å². The standard InChI is InChI=1S/C9H14F3NO2/c1-15-7-2-4-13(5-3-7)8(14)6-9(10,11)12/h7H,2-6H2,1H3. The van der Waals surface area contributed by atoms with Gasteiger partial charge in [-0.15, -0.1) is 0 Å². The largest absolute Gasteiger partial charge is 0.397 e. The molecule has 0 aromatic heterocycles. The van der Waals surface area contributed by atoms with E-state index in [2.05, 4.69) is 0 Å². The zero-order chi connectivity index (χ0) is 11.5. The first-order valence-electron chi connectivity index (χ1n) is 4.79. The summed E-state index contributed by atoms with van der Waals surface area (Å²) in [5.41, 5.74) is 0. The van der Waals surface area contributed by atoms with E-state index in [1.54, 1.807) is 7.11 Å². The Bertz CT molecular complexity index is 222. The molecule has 3 nitrogen and oxygen atoms in total. The Hall–Kier alpha value is -0.780. The predicted molar refractivity (Wildman–Crippen MR) is 47.3 cm³/mol. The van der Waals surface area contributed by atoms with Gasteiger partial charge in [-0.25, -0.2) is 0 Å². The van der Waals surface area contributed by atoms with Gasteiger partial charge in [-0.3, -0.25) is 4.79 Å². The van der Waals surface area contributed by atoms with Crippen LogP contribution in [-0.2, 0) is 9.53 Å². The maximum atomic E-state index is 11.9. The molecule has 1 aliphatic heterocycles. The van der Waals surface area contributed by atoms with Gasteiger partial charge >= 0.3 is 6.18 Å². The van der Waals surface area contributed by atoms with Gasteiger partial charge in [0.2, 0.25) is 5.91 Å². The van der Waals surface area contributed by atoms with Crippen molar-refractivity contribution >= 4 is 5.91 Å². The molecule has 6 heteroatoms. The van der Waals surface area contributed by atoms with E-state index in [0.29, 0.717) is 25.9 Å². The van der Waals surface area contributed by atoms with Crippen molar-refractivity contribution < 1.29 is 22.7 Å². The van der Waals surface area contributed by atoms with Crippen LogP contribution in [0.25, 0.3) is 0 Å². The lowest BCUT2D eigenvalue weighted by molar-refractivity contribution is -0.162. The van der Waals surface area contributed by atoms with E-state index in [9.17, 15) is 18.0 Å². The van der Waals surface area contributed by atoms with Gasteiger partial charge in [-0.1, -0.05) is 0 Å². The monoisotopic (exact) mass is 225 g/mol. The number of carbonyl (C=O) groups is 1. The molecule has 1 fully saturated rings. The van der Waals surface area contributed by atoms with E-state index in [-0.39, 0.29) is 6.10 Å². The molecule has 1 amide bonds. The minimum atomic E-state index is -4.41. The summed E-state index contributed by atoms with van der Waals surface area (Å²) in [6, 6.07) is 0. The van der Waals surface area contributed by atoms with Gasteiger partial charge in [-0.2, -0.15) is 13.2 Å². The fourth-order valence-corrected chi connectivity index (χ4v) is 1.62. The van der Waals surface area contributed by atoms with E-state index in [4.69, 9.17) is 4.74 Å². The molecule has 0 aliphatic carbocycles. The van der Waals surface area contributed by atoms with Crippen LogP contribution >= 0.6 is 0 Å². The summed E-state index contributed by atoms with van der Waals surface area (Å²) >= 11 is 0. The number of amides is 1. The van der Waals surface area contributed by atoms with Crippen LogP contribution in [-0.4, -0.2) is 43.3 Å². The normalized spacial score (nSPS) is 19.3. The summed E-state index contributed by atoms with van der Waals surface area (Å²) in [5.74, 6) is -0.836. The van der Waals surface area contributed by atoms with Crippen LogP contribution in [0.2, 0.25) is 0 Å². The number of ether oxygens (including phenoxy) is 1. The second-order valence-corrected chi connectivity index (χ2v) is 3.61. The molecule has 0 spiro atoms. The summed E-state index contributed by atoms with van der Waals surface area (Å²) in [6.07, 6.45) is -4.47. The van der Waals surface area contributed by atoms with E-state index in [1.807, 2.05) is 0 Å². The number of hydrogen-bond acceptors (Lipinski definition) is 2. The third-order valence-corrected chi connectivity index (χ3v) is 2.48. The fraction of sp³-hybridized carbons (Fsp3) is 0.889. The number of rotatable bonds is 2. The van der Waals surface area contributed by atoms with Crippen molar-refractivity contribution in [3.05, 3.63) is 0 Å². The zero-order valence-electron chi connectivity index (χ0n) is 8.51. The van der Waals surface area contributed by atoms with Gasteiger partial charge in [-0.05, 0) is 12.8 Å². The van der Waals surface area contributed by atoms with Crippen molar-refractivity contribution in [2.24, 2.45) is 0 Å². The van der Waals surface area contributed by atoms with Gasteiger partial charge in [0.1, 0.15) is 6.42 Å². The van der Waals surface area contributed by atoms with Gasteiger partial charge in [0.25, 0.3) is 0 Å². The molecular weight excluding hydrogens is 211 g/mol. The Balaban J connectivity index is 2.37. The van der Waals surface area contributed by atoms with Crippen molar-refractivity contribution in [3.8, 4) is 0 Å². The van der Waals surface area contributed by atoms with Crippen LogP contribution in [0.15, 0.2) is 0 Å². The van der Waals surface area contributed by atoms with Crippen molar-refractivity contribution in [2.45, 2.75) is 31.5 Å². The number of likely N-dealkylation sites (tertiary alicyclic amines) is 1. The summed E-state index contributed by atoms with van der Waals surface area (Å²) in [6.45, 7) is 0.709. The van der Waals surface area contributed by atoms with Gasteiger partial charge in [0.05, 0.1) is 6.10 Å². The summed E-state index contributed by atoms with van der Waals surface area (Å²) in [5, 5.41) is 0. The molecule has 0 atom stereocenters. The van der Waals surface area contributed by atoms with Crippen molar-refractivity contribution in [3.63, 3.8) is 0 Å². The molecule has 1 heterocycles. The lowest BCUT2D eigenvalue weighted by Gasteiger charge is -2.31. The predicted octanol–water partition coefficient (Wildman–Crippen LogP) is 1.58. The molecule has 1 saturated heterocycles. The van der Waals surface area contributed by atoms with Crippen LogP contribution in [0.1, 0.15) is 19.3 Å². The molecule has 0 radical (unpaired) electrons. The Morgan fingerprint density at radius 2 is 1.93 bits per heavy atom. The van der Waals surface area contributed by atoms with Gasteiger partial charge < -0.3 is 9.64 Å². The fourth-order valence-electron chi connectivity index (χ4n) is 1.62. The van der Waals surface area contributed by atoms with Crippen LogP contribution in [0, 0.1) is 0 Å². The Labute approximate surface area is 86.2 Å². The number of carbonyl (C=O) groups excluding carboxylic acids is 1. The molecule has 0 bridgehead atoms. The zero-order valence-corrected chi connectivity index (χ0v) is 8.51. The lowest BCUT2D eigenvalue weighted by atomic mass is 10.1. The average Bonchev–Trinajstić information content (AvgIpc) is 2.15. The first-order chi connectivity index (χ1) is 6.92. The maximum absolute atomic E-state index is 11.9. The molecule has 0 N–H and O–H groups in total. The molecule has 0 aromatic carbocycles. The molecule has 88 valence electrons. The van der Waals surface area contributed by atoms with Gasteiger partial charge in [0, 0.05) is 20.2 Å². The molecule has 0 aromatic rings. The quantitative estimate of drug-likeness (QED) is 0.714. The van der Waals surface area contributed by atoms with E-state index in [1.165, 1.54) is 4.90 Å². The highest BCUT2D eigenvalue weighted by atomic mass is 19.4. The van der Waals surface area contributed by atoms with E-state index in [0.717, 1.165) is 0 Å². The molecule has 1 rings (SSSR count). The van der Waals surface area contributed by atoms with Crippen molar-refractivity contribution in [1.29, 1.82) is 0 Å². The van der Waals surface area contributed by atoms with Crippen LogP contribution in [0.3, 0.4) is 0 Å². The number of halogens is 3. The summed E-state index contributed by atoms with van der Waals surface area (Å²) < 4.78 is 40.9. The Morgan fingerprint density at radius 3 is 2.33 bits per heavy atom. The Kier molecular flexibility index (Phi) is 3.96. The number of alkyl halides is 3. The van der Waals surface area contributed by atoms with Crippen molar-refractivity contribution in [2.75, 3.05) is 20.2 Å². The number of piperidine rings is 1. The SMILES string of the molecule is COC1CCN(C(=O)CC(F)(F)F)CC1. The third-order valence-electron chi connectivity index (χ3n) is 2.48. The highest BCUT2D eigenvalue weighted by Gasteiger charge is 2.34. The Morgan fingerprint density at radius 1 is 1.40 bits per heavy atom. The van der Waals surface area contributed by atoms with Crippen LogP contribution < -0.4 is 0 Å². The second kappa shape index (κ2) is 4.83. The van der Waals surface area contributed by atoms with E-state index >= 15 is 0 Å². The number of nitrogens with zero attached hydrogens (tertiary/aromatic N) is 1. The number of methoxy groups -OCH3 is 1.